The van der Waals surface area contributed by atoms with E-state index < -0.39 is 0 Å². The Kier molecular flexibility index (Phi) is 9.13. The van der Waals surface area contributed by atoms with Crippen LogP contribution in [0.4, 0.5) is 34.1 Å². The molecular formula is C66H48N2. The lowest BCUT2D eigenvalue weighted by Gasteiger charge is -2.26. The van der Waals surface area contributed by atoms with E-state index in [1.54, 1.807) is 0 Å². The Balaban J connectivity index is 1.17. The van der Waals surface area contributed by atoms with Crippen molar-refractivity contribution in [3.63, 3.8) is 0 Å². The first-order valence-corrected chi connectivity index (χ1v) is 23.7. The van der Waals surface area contributed by atoms with Gasteiger partial charge in [-0.1, -0.05) is 162 Å². The van der Waals surface area contributed by atoms with Gasteiger partial charge in [-0.2, -0.15) is 0 Å². The minimum Gasteiger partial charge on any atom is -0.310 e. The number of hydrogen-bond donors (Lipinski definition) is 0. The Bertz CT molecular complexity index is 3910. The molecule has 0 aromatic heterocycles. The Hall–Kier alpha value is -8.46. The average molecular weight is 869 g/mol. The number of hydrogen-bond acceptors (Lipinski definition) is 2. The summed E-state index contributed by atoms with van der Waals surface area (Å²) in [6.45, 7) is 8.63. The van der Waals surface area contributed by atoms with Crippen LogP contribution >= 0.6 is 0 Å². The number of benzene rings is 11. The highest BCUT2D eigenvalue weighted by Gasteiger charge is 2.26. The molecule has 68 heavy (non-hydrogen) atoms. The van der Waals surface area contributed by atoms with Crippen LogP contribution in [0.15, 0.2) is 218 Å². The van der Waals surface area contributed by atoms with E-state index in [4.69, 9.17) is 0 Å². The van der Waals surface area contributed by atoms with Crippen molar-refractivity contribution in [1.29, 1.82) is 0 Å². The summed E-state index contributed by atoms with van der Waals surface area (Å²) < 4.78 is 0. The van der Waals surface area contributed by atoms with Crippen LogP contribution in [0.5, 0.6) is 0 Å². The lowest BCUT2D eigenvalue weighted by Crippen LogP contribution is -2.10. The minimum absolute atomic E-state index is 1.13. The van der Waals surface area contributed by atoms with E-state index in [1.165, 1.54) is 109 Å². The van der Waals surface area contributed by atoms with Gasteiger partial charge in [0.1, 0.15) is 0 Å². The lowest BCUT2D eigenvalue weighted by molar-refractivity contribution is 1.27. The van der Waals surface area contributed by atoms with Crippen molar-refractivity contribution in [2.45, 2.75) is 27.7 Å². The molecular weight excluding hydrogens is 821 g/mol. The first-order valence-electron chi connectivity index (χ1n) is 23.7. The Morgan fingerprint density at radius 2 is 0.647 bits per heavy atom. The molecule has 0 spiro atoms. The maximum atomic E-state index is 2.53. The Morgan fingerprint density at radius 1 is 0.235 bits per heavy atom. The van der Waals surface area contributed by atoms with Crippen molar-refractivity contribution in [1.82, 2.24) is 0 Å². The van der Waals surface area contributed by atoms with Gasteiger partial charge in [0.05, 0.1) is 0 Å². The largest absolute Gasteiger partial charge is 0.310 e. The SMILES string of the molecule is Cc1ccc(N(c2ccc(C)cc2)c2ccc3c(c2)c2ccc(-c4ccccc4)c4cc5c6cc(N(c7ccc(C)cc7)c7ccc(C)cc7)cc7ccc(-c8ccccc8)c(c76)c5c3c42)cc1. The van der Waals surface area contributed by atoms with Crippen molar-refractivity contribution in [2.24, 2.45) is 0 Å². The summed E-state index contributed by atoms with van der Waals surface area (Å²) in [6, 6.07) is 81.7. The monoisotopic (exact) mass is 868 g/mol. The molecule has 0 radical (unpaired) electrons. The second-order valence-corrected chi connectivity index (χ2v) is 18.8. The maximum absolute atomic E-state index is 2.53. The van der Waals surface area contributed by atoms with Crippen LogP contribution in [0.1, 0.15) is 22.3 Å². The fourth-order valence-corrected chi connectivity index (χ4v) is 11.0. The van der Waals surface area contributed by atoms with Crippen LogP contribution in [-0.2, 0) is 0 Å². The molecule has 13 rings (SSSR count). The first kappa shape index (κ1) is 39.9. The van der Waals surface area contributed by atoms with Crippen LogP contribution in [0.25, 0.3) is 86.9 Å². The van der Waals surface area contributed by atoms with E-state index in [1.807, 2.05) is 0 Å². The molecule has 0 unspecified atom stereocenters. The van der Waals surface area contributed by atoms with E-state index in [-0.39, 0.29) is 0 Å². The second-order valence-electron chi connectivity index (χ2n) is 18.8. The number of aryl methyl sites for hydroxylation is 4. The van der Waals surface area contributed by atoms with Gasteiger partial charge >= 0.3 is 0 Å². The van der Waals surface area contributed by atoms with Crippen LogP contribution in [-0.4, -0.2) is 0 Å². The molecule has 0 aliphatic rings. The van der Waals surface area contributed by atoms with Crippen molar-refractivity contribution in [2.75, 3.05) is 9.80 Å². The zero-order chi connectivity index (χ0) is 45.6. The van der Waals surface area contributed by atoms with Crippen molar-refractivity contribution in [3.8, 4) is 22.3 Å². The summed E-state index contributed by atoms with van der Waals surface area (Å²) in [7, 11) is 0. The van der Waals surface area contributed by atoms with Crippen LogP contribution < -0.4 is 9.80 Å². The third kappa shape index (κ3) is 6.32. The topological polar surface area (TPSA) is 6.48 Å². The van der Waals surface area contributed by atoms with Gasteiger partial charge in [0.25, 0.3) is 0 Å². The van der Waals surface area contributed by atoms with Crippen molar-refractivity contribution < 1.29 is 0 Å². The van der Waals surface area contributed by atoms with Gasteiger partial charge in [-0.05, 0) is 193 Å². The van der Waals surface area contributed by atoms with E-state index in [2.05, 4.69) is 256 Å². The standard InChI is InChI=1S/C66H48N2/c1-41-15-24-48(25-16-41)67(49-26-17-42(2)18-27-49)52-32-34-57-58(38-52)56-36-35-54(45-11-7-5-8-12-45)60-40-61-59-39-53(68(50-28-19-43(3)20-29-50)51-30-21-44(4)22-31-51)37-47-23-33-55(46-13-9-6-10-14-46)64(62(47)59)66(61)65(57)63(56)60/h5-40H,1-4H3. The highest BCUT2D eigenvalue weighted by molar-refractivity contribution is 6.47. The van der Waals surface area contributed by atoms with Gasteiger partial charge in [0.2, 0.25) is 0 Å². The molecule has 0 saturated carbocycles. The molecule has 0 amide bonds. The smallest absolute Gasteiger partial charge is 0.0474 e. The number of nitrogens with zero attached hydrogens (tertiary/aromatic N) is 2. The van der Waals surface area contributed by atoms with Crippen molar-refractivity contribution >= 4 is 98.8 Å². The molecule has 13 aromatic carbocycles. The molecule has 2 heteroatoms. The number of rotatable bonds is 8. The van der Waals surface area contributed by atoms with Crippen LogP contribution in [0.3, 0.4) is 0 Å². The maximum Gasteiger partial charge on any atom is 0.0474 e. The quantitative estimate of drug-likeness (QED) is 0.150. The molecule has 0 N–H and O–H groups in total. The molecule has 0 heterocycles. The molecule has 0 aliphatic carbocycles. The summed E-state index contributed by atoms with van der Waals surface area (Å²) in [5.41, 5.74) is 16.7. The predicted octanol–water partition coefficient (Wildman–Crippen LogP) is 19.0. The van der Waals surface area contributed by atoms with Crippen molar-refractivity contribution in [3.05, 3.63) is 241 Å². The van der Waals surface area contributed by atoms with Gasteiger partial charge in [0.15, 0.2) is 0 Å². The first-order chi connectivity index (χ1) is 33.4. The summed E-state index contributed by atoms with van der Waals surface area (Å²) in [5, 5.41) is 15.4. The molecule has 0 bridgehead atoms. The summed E-state index contributed by atoms with van der Waals surface area (Å²) >= 11 is 0. The molecule has 0 fully saturated rings. The average Bonchev–Trinajstić information content (AvgIpc) is 3.88. The van der Waals surface area contributed by atoms with E-state index in [0.717, 1.165) is 34.1 Å². The predicted molar refractivity (Wildman–Crippen MR) is 293 cm³/mol. The summed E-state index contributed by atoms with van der Waals surface area (Å²) in [4.78, 5) is 4.83. The number of fused-ring (bicyclic) bond motifs is 7. The summed E-state index contributed by atoms with van der Waals surface area (Å²) in [5.74, 6) is 0. The molecule has 322 valence electrons. The summed E-state index contributed by atoms with van der Waals surface area (Å²) in [6.07, 6.45) is 0. The van der Waals surface area contributed by atoms with Gasteiger partial charge < -0.3 is 9.80 Å². The zero-order valence-electron chi connectivity index (χ0n) is 38.7. The second kappa shape index (κ2) is 15.6. The fourth-order valence-electron chi connectivity index (χ4n) is 11.0. The van der Waals surface area contributed by atoms with Gasteiger partial charge in [-0.15, -0.1) is 0 Å². The van der Waals surface area contributed by atoms with E-state index in [0.29, 0.717) is 0 Å². The van der Waals surface area contributed by atoms with Crippen LogP contribution in [0, 0.1) is 27.7 Å². The highest BCUT2D eigenvalue weighted by atomic mass is 15.1. The lowest BCUT2D eigenvalue weighted by atomic mass is 9.92. The van der Waals surface area contributed by atoms with Gasteiger partial charge in [-0.25, -0.2) is 0 Å². The van der Waals surface area contributed by atoms with Gasteiger partial charge in [0, 0.05) is 34.1 Å². The Morgan fingerprint density at radius 3 is 1.19 bits per heavy atom. The third-order valence-corrected chi connectivity index (χ3v) is 14.4. The minimum atomic E-state index is 1.13. The van der Waals surface area contributed by atoms with E-state index in [9.17, 15) is 0 Å². The fraction of sp³-hybridized carbons (Fsp3) is 0.0606. The van der Waals surface area contributed by atoms with Crippen LogP contribution in [0.2, 0.25) is 0 Å². The molecule has 13 aromatic rings. The molecule has 2 nitrogen and oxygen atoms in total. The van der Waals surface area contributed by atoms with Gasteiger partial charge in [-0.3, -0.25) is 0 Å². The Labute approximate surface area is 397 Å². The normalized spacial score (nSPS) is 11.8. The number of anilines is 6. The molecule has 0 saturated heterocycles. The third-order valence-electron chi connectivity index (χ3n) is 14.4. The molecule has 0 aliphatic heterocycles. The molecule has 0 atom stereocenters. The highest BCUT2D eigenvalue weighted by Crippen LogP contribution is 2.54. The van der Waals surface area contributed by atoms with E-state index >= 15 is 0 Å². The zero-order valence-corrected chi connectivity index (χ0v) is 38.7.